The fourth-order valence-corrected chi connectivity index (χ4v) is 3.98. The van der Waals surface area contributed by atoms with Gasteiger partial charge in [0, 0.05) is 11.0 Å². The number of benzene rings is 2. The van der Waals surface area contributed by atoms with Crippen LogP contribution in [0.5, 0.6) is 5.75 Å². The Morgan fingerprint density at radius 2 is 1.80 bits per heavy atom. The number of anilines is 1. The predicted octanol–water partition coefficient (Wildman–Crippen LogP) is 3.52. The minimum Gasteiger partial charge on any atom is -0.492 e. The Hall–Kier alpha value is -2.06. The van der Waals surface area contributed by atoms with Crippen LogP contribution in [0.4, 0.5) is 5.69 Å². The normalized spacial score (nSPS) is 11.1. The standard InChI is InChI=1S/C17H18BrNO5S/c1-2-24-16-6-4-3-5-15(16)19(12-11-17(20)21)25(22,23)14-9-7-13(18)8-10-14/h3-10H,2,11-12H2,1H3,(H,20,21). The predicted molar refractivity (Wildman–Crippen MR) is 98.5 cm³/mol. The summed E-state index contributed by atoms with van der Waals surface area (Å²) >= 11 is 3.27. The van der Waals surface area contributed by atoms with E-state index in [-0.39, 0.29) is 17.9 Å². The van der Waals surface area contributed by atoms with Gasteiger partial charge in [0.15, 0.2) is 0 Å². The van der Waals surface area contributed by atoms with E-state index in [1.807, 2.05) is 0 Å². The Morgan fingerprint density at radius 3 is 2.40 bits per heavy atom. The lowest BCUT2D eigenvalue weighted by Gasteiger charge is -2.26. The van der Waals surface area contributed by atoms with E-state index in [2.05, 4.69) is 15.9 Å². The van der Waals surface area contributed by atoms with Gasteiger partial charge in [-0.1, -0.05) is 28.1 Å². The zero-order chi connectivity index (χ0) is 18.4. The average Bonchev–Trinajstić information content (AvgIpc) is 2.56. The van der Waals surface area contributed by atoms with Crippen LogP contribution in [-0.4, -0.2) is 32.6 Å². The molecule has 0 atom stereocenters. The van der Waals surface area contributed by atoms with Crippen molar-refractivity contribution in [2.24, 2.45) is 0 Å². The van der Waals surface area contributed by atoms with Gasteiger partial charge in [0.05, 0.1) is 23.6 Å². The maximum Gasteiger partial charge on any atom is 0.305 e. The maximum atomic E-state index is 13.1. The second kappa shape index (κ2) is 8.35. The third-order valence-corrected chi connectivity index (χ3v) is 5.72. The fraction of sp³-hybridized carbons (Fsp3) is 0.235. The summed E-state index contributed by atoms with van der Waals surface area (Å²) in [6, 6.07) is 12.9. The summed E-state index contributed by atoms with van der Waals surface area (Å²) in [5, 5.41) is 9.00. The summed E-state index contributed by atoms with van der Waals surface area (Å²) < 4.78 is 33.5. The highest BCUT2D eigenvalue weighted by Gasteiger charge is 2.27. The van der Waals surface area contributed by atoms with E-state index in [9.17, 15) is 13.2 Å². The molecule has 0 fully saturated rings. The summed E-state index contributed by atoms with van der Waals surface area (Å²) in [6.45, 7) is 1.96. The Balaban J connectivity index is 2.52. The van der Waals surface area contributed by atoms with Crippen LogP contribution in [-0.2, 0) is 14.8 Å². The van der Waals surface area contributed by atoms with Crippen molar-refractivity contribution in [3.63, 3.8) is 0 Å². The first kappa shape index (κ1) is 19.3. The van der Waals surface area contributed by atoms with Crippen molar-refractivity contribution in [3.8, 4) is 5.75 Å². The van der Waals surface area contributed by atoms with Crippen molar-refractivity contribution in [2.45, 2.75) is 18.2 Å². The molecule has 2 aromatic rings. The summed E-state index contributed by atoms with van der Waals surface area (Å²) in [4.78, 5) is 11.1. The van der Waals surface area contributed by atoms with Gasteiger partial charge in [-0.05, 0) is 43.3 Å². The Morgan fingerprint density at radius 1 is 1.16 bits per heavy atom. The molecule has 0 spiro atoms. The fourth-order valence-electron chi connectivity index (χ4n) is 2.24. The smallest absolute Gasteiger partial charge is 0.305 e. The largest absolute Gasteiger partial charge is 0.492 e. The van der Waals surface area contributed by atoms with Gasteiger partial charge in [-0.15, -0.1) is 0 Å². The second-order valence-corrected chi connectivity index (χ2v) is 7.85. The van der Waals surface area contributed by atoms with Crippen LogP contribution in [0.2, 0.25) is 0 Å². The minimum absolute atomic E-state index is 0.0763. The van der Waals surface area contributed by atoms with Gasteiger partial charge in [-0.3, -0.25) is 9.10 Å². The molecule has 0 heterocycles. The van der Waals surface area contributed by atoms with Crippen molar-refractivity contribution < 1.29 is 23.1 Å². The molecule has 2 aromatic carbocycles. The monoisotopic (exact) mass is 427 g/mol. The zero-order valence-corrected chi connectivity index (χ0v) is 16.0. The molecule has 6 nitrogen and oxygen atoms in total. The third kappa shape index (κ3) is 4.73. The summed E-state index contributed by atoms with van der Waals surface area (Å²) in [7, 11) is -3.94. The number of sulfonamides is 1. The molecule has 0 saturated heterocycles. The van der Waals surface area contributed by atoms with E-state index in [4.69, 9.17) is 9.84 Å². The number of aliphatic carboxylic acids is 1. The number of halogens is 1. The van der Waals surface area contributed by atoms with Crippen LogP contribution in [0, 0.1) is 0 Å². The first-order chi connectivity index (χ1) is 11.9. The lowest BCUT2D eigenvalue weighted by Crippen LogP contribution is -2.33. The molecule has 0 saturated carbocycles. The number of rotatable bonds is 8. The highest BCUT2D eigenvalue weighted by Crippen LogP contribution is 2.33. The van der Waals surface area contributed by atoms with Gasteiger partial charge in [-0.25, -0.2) is 8.42 Å². The molecule has 0 aromatic heterocycles. The molecule has 0 unspecified atom stereocenters. The van der Waals surface area contributed by atoms with Crippen molar-refractivity contribution in [1.29, 1.82) is 0 Å². The van der Waals surface area contributed by atoms with Gasteiger partial charge < -0.3 is 9.84 Å². The van der Waals surface area contributed by atoms with E-state index >= 15 is 0 Å². The van der Waals surface area contributed by atoms with E-state index in [0.29, 0.717) is 18.0 Å². The molecule has 0 aliphatic heterocycles. The third-order valence-electron chi connectivity index (χ3n) is 3.36. The van der Waals surface area contributed by atoms with Crippen LogP contribution in [0.1, 0.15) is 13.3 Å². The Kier molecular flexibility index (Phi) is 6.44. The van der Waals surface area contributed by atoms with Gasteiger partial charge in [0.2, 0.25) is 0 Å². The van der Waals surface area contributed by atoms with Crippen LogP contribution in [0.25, 0.3) is 0 Å². The first-order valence-corrected chi connectivity index (χ1v) is 9.81. The summed E-state index contributed by atoms with van der Waals surface area (Å²) in [6.07, 6.45) is -0.323. The molecule has 25 heavy (non-hydrogen) atoms. The molecule has 8 heteroatoms. The molecule has 0 bridgehead atoms. The number of carboxylic acids is 1. The molecule has 134 valence electrons. The molecule has 1 N–H and O–H groups in total. The number of para-hydroxylation sites is 2. The average molecular weight is 428 g/mol. The van der Waals surface area contributed by atoms with E-state index in [0.717, 1.165) is 8.78 Å². The molecular formula is C17H18BrNO5S. The molecule has 0 aliphatic rings. The van der Waals surface area contributed by atoms with E-state index in [1.165, 1.54) is 12.1 Å². The topological polar surface area (TPSA) is 83.9 Å². The van der Waals surface area contributed by atoms with Crippen LogP contribution in [0.15, 0.2) is 57.9 Å². The summed E-state index contributed by atoms with van der Waals surface area (Å²) in [5.74, 6) is -0.694. The number of carboxylic acid groups (broad SMARTS) is 1. The van der Waals surface area contributed by atoms with Gasteiger partial charge in [0.1, 0.15) is 5.75 Å². The number of ether oxygens (including phenoxy) is 1. The van der Waals surface area contributed by atoms with Gasteiger partial charge in [-0.2, -0.15) is 0 Å². The number of hydrogen-bond donors (Lipinski definition) is 1. The zero-order valence-electron chi connectivity index (χ0n) is 13.6. The van der Waals surface area contributed by atoms with Crippen LogP contribution in [0.3, 0.4) is 0 Å². The van der Waals surface area contributed by atoms with Crippen molar-refractivity contribution in [3.05, 3.63) is 53.0 Å². The molecule has 0 amide bonds. The molecule has 0 aliphatic carbocycles. The quantitative estimate of drug-likeness (QED) is 0.696. The Labute approximate surface area is 155 Å². The first-order valence-electron chi connectivity index (χ1n) is 7.58. The molecule has 2 rings (SSSR count). The molecule has 0 radical (unpaired) electrons. The number of nitrogens with zero attached hydrogens (tertiary/aromatic N) is 1. The van der Waals surface area contributed by atoms with Crippen LogP contribution < -0.4 is 9.04 Å². The summed E-state index contributed by atoms with van der Waals surface area (Å²) in [5.41, 5.74) is 0.313. The van der Waals surface area contributed by atoms with Gasteiger partial charge in [0.25, 0.3) is 10.0 Å². The van der Waals surface area contributed by atoms with Gasteiger partial charge >= 0.3 is 5.97 Å². The highest BCUT2D eigenvalue weighted by molar-refractivity contribution is 9.10. The van der Waals surface area contributed by atoms with Crippen molar-refractivity contribution in [1.82, 2.24) is 0 Å². The lowest BCUT2D eigenvalue weighted by molar-refractivity contribution is -0.136. The number of hydrogen-bond acceptors (Lipinski definition) is 4. The van der Waals surface area contributed by atoms with E-state index < -0.39 is 16.0 Å². The maximum absolute atomic E-state index is 13.1. The minimum atomic E-state index is -3.94. The van der Waals surface area contributed by atoms with Crippen molar-refractivity contribution >= 4 is 37.6 Å². The highest BCUT2D eigenvalue weighted by atomic mass is 79.9. The van der Waals surface area contributed by atoms with E-state index in [1.54, 1.807) is 43.3 Å². The lowest BCUT2D eigenvalue weighted by atomic mass is 10.3. The number of carbonyl (C=O) groups is 1. The molecular weight excluding hydrogens is 410 g/mol. The second-order valence-electron chi connectivity index (χ2n) is 5.08. The van der Waals surface area contributed by atoms with Crippen LogP contribution >= 0.6 is 15.9 Å². The SMILES string of the molecule is CCOc1ccccc1N(CCC(=O)O)S(=O)(=O)c1ccc(Br)cc1. The Bertz CT molecular complexity index is 836. The van der Waals surface area contributed by atoms with Crippen molar-refractivity contribution in [2.75, 3.05) is 17.5 Å².